The molecule has 1 aromatic carbocycles. The molecule has 0 saturated heterocycles. The van der Waals surface area contributed by atoms with Gasteiger partial charge in [-0.05, 0) is 44.1 Å². The van der Waals surface area contributed by atoms with E-state index in [0.717, 1.165) is 0 Å². The molecule has 0 bridgehead atoms. The first-order chi connectivity index (χ1) is 13.4. The van der Waals surface area contributed by atoms with Gasteiger partial charge in [0, 0.05) is 0 Å². The first-order valence-corrected chi connectivity index (χ1v) is 15.8. The van der Waals surface area contributed by atoms with Gasteiger partial charge < -0.3 is 4.79 Å². The van der Waals surface area contributed by atoms with Gasteiger partial charge in [-0.1, -0.05) is 123 Å². The third-order valence-electron chi connectivity index (χ3n) is 4.91. The summed E-state index contributed by atoms with van der Waals surface area (Å²) >= 11 is 1.82. The number of carbonyl (C=O) groups is 1. The van der Waals surface area contributed by atoms with Crippen molar-refractivity contribution in [2.24, 2.45) is 0 Å². The number of rotatable bonds is 4. The predicted octanol–water partition coefficient (Wildman–Crippen LogP) is 9.35. The van der Waals surface area contributed by atoms with Crippen LogP contribution in [0.15, 0.2) is 24.3 Å². The standard InChI is InChI=1S/C24H44P2.CH2O.ClH.Ru/c1-21(2,3)25(22(4,5)6)17-19-14-13-15-20(16-19)18-26(23(7,8)9)24(10,11)12;1-2;;/h13-16H,17-18H2,1-12H3;1H2;1H;/q;;;+1/p-1. The van der Waals surface area contributed by atoms with Gasteiger partial charge in [0.15, 0.2) is 0 Å². The average molecular weight is 561 g/mol. The maximum atomic E-state index is 8.00. The van der Waals surface area contributed by atoms with Gasteiger partial charge in [0.1, 0.15) is 6.79 Å². The van der Waals surface area contributed by atoms with Crippen molar-refractivity contribution in [3.63, 3.8) is 0 Å². The van der Waals surface area contributed by atoms with Gasteiger partial charge in [0.2, 0.25) is 0 Å². The molecule has 0 unspecified atom stereocenters. The Balaban J connectivity index is 0. The maximum absolute atomic E-state index is 8.00. The summed E-state index contributed by atoms with van der Waals surface area (Å²) in [4.78, 5) is 8.00. The van der Waals surface area contributed by atoms with E-state index in [0.29, 0.717) is 20.6 Å². The first-order valence-electron chi connectivity index (χ1n) is 10.5. The van der Waals surface area contributed by atoms with Crippen molar-refractivity contribution in [1.29, 1.82) is 0 Å². The van der Waals surface area contributed by atoms with E-state index in [1.54, 1.807) is 0 Å². The summed E-state index contributed by atoms with van der Waals surface area (Å²) in [5.74, 6) is 0. The third kappa shape index (κ3) is 12.1. The molecule has 1 aromatic rings. The number of halogens is 1. The van der Waals surface area contributed by atoms with Crippen molar-refractivity contribution in [3.8, 4) is 0 Å². The van der Waals surface area contributed by atoms with Gasteiger partial charge in [-0.3, -0.25) is 0 Å². The van der Waals surface area contributed by atoms with Crippen LogP contribution in [-0.2, 0) is 34.4 Å². The Labute approximate surface area is 205 Å². The molecule has 0 aromatic heterocycles. The van der Waals surface area contributed by atoms with Gasteiger partial charge in [-0.25, -0.2) is 0 Å². The fourth-order valence-corrected chi connectivity index (χ4v) is 11.2. The Bertz CT molecular complexity index is 530. The van der Waals surface area contributed by atoms with Crippen LogP contribution in [0.2, 0.25) is 0 Å². The molecular formula is C25H46ClOP2Ru. The molecule has 0 aliphatic heterocycles. The molecule has 0 saturated carbocycles. The normalized spacial score (nSPS) is 12.8. The van der Waals surface area contributed by atoms with Crippen molar-refractivity contribution in [2.75, 3.05) is 0 Å². The average Bonchev–Trinajstić information content (AvgIpc) is 2.58. The molecule has 1 rings (SSSR count). The third-order valence-corrected chi connectivity index (χ3v) is 12.8. The summed E-state index contributed by atoms with van der Waals surface area (Å²) in [6.45, 7) is 31.1. The van der Waals surface area contributed by atoms with Gasteiger partial charge in [-0.2, -0.15) is 0 Å². The van der Waals surface area contributed by atoms with Gasteiger partial charge in [0.05, 0.1) is 0 Å². The van der Waals surface area contributed by atoms with Crippen molar-refractivity contribution >= 4 is 32.3 Å². The molecule has 177 valence electrons. The summed E-state index contributed by atoms with van der Waals surface area (Å²) < 4.78 is 0. The van der Waals surface area contributed by atoms with E-state index >= 15 is 0 Å². The minimum absolute atomic E-state index is 0.0916. The van der Waals surface area contributed by atoms with Crippen molar-refractivity contribution in [1.82, 2.24) is 0 Å². The number of benzene rings is 1. The number of carbonyl (C=O) groups excluding carboxylic acids is 1. The Morgan fingerprint density at radius 3 is 1.10 bits per heavy atom. The van der Waals surface area contributed by atoms with Crippen LogP contribution in [0.25, 0.3) is 0 Å². The second-order valence-corrected chi connectivity index (χ2v) is 19.4. The molecule has 0 heterocycles. The second-order valence-electron chi connectivity index (χ2n) is 11.7. The Morgan fingerprint density at radius 1 is 0.667 bits per heavy atom. The molecule has 30 heavy (non-hydrogen) atoms. The van der Waals surface area contributed by atoms with Gasteiger partial charge >= 0.3 is 27.0 Å². The van der Waals surface area contributed by atoms with E-state index in [-0.39, 0.29) is 15.8 Å². The number of hydrogen-bond acceptors (Lipinski definition) is 1. The zero-order valence-corrected chi connectivity index (χ0v) is 25.7. The van der Waals surface area contributed by atoms with Crippen LogP contribution >= 0.6 is 25.5 Å². The van der Waals surface area contributed by atoms with E-state index in [9.17, 15) is 0 Å². The summed E-state index contributed by atoms with van der Waals surface area (Å²) in [6, 6.07) is 9.52. The molecule has 0 amide bonds. The van der Waals surface area contributed by atoms with Crippen LogP contribution in [0.4, 0.5) is 0 Å². The first kappa shape index (κ1) is 32.8. The van der Waals surface area contributed by atoms with Gasteiger partial charge in [-0.15, -0.1) is 0 Å². The van der Waals surface area contributed by atoms with E-state index in [1.165, 1.54) is 23.5 Å². The zero-order chi connectivity index (χ0) is 24.6. The van der Waals surface area contributed by atoms with Crippen molar-refractivity contribution < 1.29 is 22.1 Å². The zero-order valence-electron chi connectivity index (χ0n) is 21.5. The van der Waals surface area contributed by atoms with Crippen LogP contribution in [0, 0.1) is 0 Å². The minimum atomic E-state index is -0.0916. The Kier molecular flexibility index (Phi) is 14.7. The van der Waals surface area contributed by atoms with E-state index in [1.807, 2.05) is 24.1 Å². The summed E-state index contributed by atoms with van der Waals surface area (Å²) in [5.41, 5.74) is 3.08. The molecular weight excluding hydrogens is 515 g/mol. The van der Waals surface area contributed by atoms with Crippen LogP contribution in [0.5, 0.6) is 0 Å². The fraction of sp³-hybridized carbons (Fsp3) is 0.720. The summed E-state index contributed by atoms with van der Waals surface area (Å²) in [5, 5.41) is 1.53. The topological polar surface area (TPSA) is 17.1 Å². The quantitative estimate of drug-likeness (QED) is 0.265. The van der Waals surface area contributed by atoms with Crippen LogP contribution in [0.1, 0.15) is 94.2 Å². The number of hydrogen-bond donors (Lipinski definition) is 0. The van der Waals surface area contributed by atoms with Crippen LogP contribution < -0.4 is 0 Å². The second kappa shape index (κ2) is 13.4. The molecule has 0 radical (unpaired) electrons. The predicted molar refractivity (Wildman–Crippen MR) is 140 cm³/mol. The Hall–Kier alpha value is 0.663. The van der Waals surface area contributed by atoms with Crippen molar-refractivity contribution in [3.05, 3.63) is 35.4 Å². The van der Waals surface area contributed by atoms with Gasteiger partial charge in [0.25, 0.3) is 0 Å². The van der Waals surface area contributed by atoms with Crippen molar-refractivity contribution in [2.45, 2.75) is 116 Å². The van der Waals surface area contributed by atoms with Crippen LogP contribution in [-0.4, -0.2) is 27.4 Å². The molecule has 0 aliphatic carbocycles. The monoisotopic (exact) mass is 561 g/mol. The Morgan fingerprint density at radius 2 is 0.900 bits per heavy atom. The molecule has 5 heteroatoms. The molecule has 0 fully saturated rings. The summed E-state index contributed by atoms with van der Waals surface area (Å²) in [6.07, 6.45) is 2.47. The molecule has 0 atom stereocenters. The van der Waals surface area contributed by atoms with E-state index in [4.69, 9.17) is 4.79 Å². The molecule has 1 nitrogen and oxygen atoms in total. The molecule has 0 N–H and O–H groups in total. The molecule has 0 spiro atoms. The summed E-state index contributed by atoms with van der Waals surface area (Å²) in [7, 11) is 4.39. The molecule has 0 aliphatic rings. The van der Waals surface area contributed by atoms with E-state index in [2.05, 4.69) is 117 Å². The SMILES string of the molecule is C=O.CC(C)(C)P(Cc1cccc(CP(C(C)(C)C)C(C)(C)C)c1)C(C)(C)C.[Cl][Ru]. The van der Waals surface area contributed by atoms with Crippen LogP contribution in [0.3, 0.4) is 0 Å². The van der Waals surface area contributed by atoms with E-state index < -0.39 is 0 Å². The fourth-order valence-electron chi connectivity index (χ4n) is 4.15.